The summed E-state index contributed by atoms with van der Waals surface area (Å²) in [7, 11) is 1.62. The predicted octanol–water partition coefficient (Wildman–Crippen LogP) is 2.41. The molecule has 118 valence electrons. The van der Waals surface area contributed by atoms with Crippen LogP contribution in [0.4, 0.5) is 0 Å². The van der Waals surface area contributed by atoms with Crippen LogP contribution in [0, 0.1) is 20.8 Å². The molecule has 0 saturated carbocycles. The first kappa shape index (κ1) is 17.7. The van der Waals surface area contributed by atoms with Crippen molar-refractivity contribution < 1.29 is 9.53 Å². The topological polar surface area (TPSA) is 50.4 Å². The van der Waals surface area contributed by atoms with E-state index < -0.39 is 0 Å². The van der Waals surface area contributed by atoms with E-state index in [1.165, 1.54) is 22.3 Å². The van der Waals surface area contributed by atoms with Gasteiger partial charge in [-0.25, -0.2) is 0 Å². The third-order valence-electron chi connectivity index (χ3n) is 3.85. The summed E-state index contributed by atoms with van der Waals surface area (Å²) in [5.74, 6) is 0.000358. The van der Waals surface area contributed by atoms with Crippen molar-refractivity contribution in [2.45, 2.75) is 46.7 Å². The van der Waals surface area contributed by atoms with Crippen LogP contribution < -0.4 is 10.6 Å². The van der Waals surface area contributed by atoms with Gasteiger partial charge in [0.15, 0.2) is 0 Å². The fraction of sp³-hybridized carbons (Fsp3) is 0.588. The highest BCUT2D eigenvalue weighted by Crippen LogP contribution is 2.21. The molecule has 1 rings (SSSR count). The van der Waals surface area contributed by atoms with Gasteiger partial charge in [0.2, 0.25) is 5.91 Å². The number of carbonyl (C=O) groups excluding carboxylic acids is 1. The second kappa shape index (κ2) is 8.15. The average molecular weight is 292 g/mol. The molecule has 0 aliphatic heterocycles. The van der Waals surface area contributed by atoms with Gasteiger partial charge in [0.05, 0.1) is 12.6 Å². The Morgan fingerprint density at radius 2 is 1.76 bits per heavy atom. The molecule has 1 amide bonds. The van der Waals surface area contributed by atoms with Gasteiger partial charge in [-0.3, -0.25) is 10.1 Å². The Morgan fingerprint density at radius 1 is 1.14 bits per heavy atom. The average Bonchev–Trinajstić information content (AvgIpc) is 2.42. The molecule has 0 aliphatic carbocycles. The summed E-state index contributed by atoms with van der Waals surface area (Å²) in [5.41, 5.74) is 5.08. The van der Waals surface area contributed by atoms with Gasteiger partial charge < -0.3 is 10.1 Å². The third kappa shape index (κ3) is 5.14. The summed E-state index contributed by atoms with van der Waals surface area (Å²) in [6.07, 6.45) is 0. The molecule has 1 aromatic rings. The smallest absolute Gasteiger partial charge is 0.236 e. The minimum atomic E-state index is -0.238. The Labute approximate surface area is 128 Å². The molecule has 1 aromatic carbocycles. The minimum Gasteiger partial charge on any atom is -0.383 e. The lowest BCUT2D eigenvalue weighted by Crippen LogP contribution is -2.44. The number of benzene rings is 1. The van der Waals surface area contributed by atoms with E-state index in [2.05, 4.69) is 50.5 Å². The summed E-state index contributed by atoms with van der Waals surface area (Å²) in [6.45, 7) is 11.4. The van der Waals surface area contributed by atoms with Crippen LogP contribution in [0.25, 0.3) is 0 Å². The number of methoxy groups -OCH3 is 1. The zero-order valence-corrected chi connectivity index (χ0v) is 14.0. The Balaban J connectivity index is 2.66. The molecule has 21 heavy (non-hydrogen) atoms. The highest BCUT2D eigenvalue weighted by molar-refractivity contribution is 5.81. The van der Waals surface area contributed by atoms with E-state index in [0.29, 0.717) is 13.2 Å². The molecule has 0 heterocycles. The number of hydrogen-bond acceptors (Lipinski definition) is 3. The van der Waals surface area contributed by atoms with E-state index in [1.54, 1.807) is 7.11 Å². The van der Waals surface area contributed by atoms with Crippen LogP contribution in [0.5, 0.6) is 0 Å². The maximum Gasteiger partial charge on any atom is 0.236 e. The van der Waals surface area contributed by atoms with Crippen LogP contribution in [0.3, 0.4) is 0 Å². The van der Waals surface area contributed by atoms with E-state index >= 15 is 0 Å². The van der Waals surface area contributed by atoms with Crippen LogP contribution in [0.2, 0.25) is 0 Å². The number of nitrogens with one attached hydrogen (secondary N) is 2. The van der Waals surface area contributed by atoms with Crippen molar-refractivity contribution in [1.29, 1.82) is 0 Å². The standard InChI is InChI=1S/C17H28N2O2/c1-11-9-13(3)16(10-12(11)2)14(4)19-15(5)17(20)18-7-8-21-6/h9-10,14-15,19H,7-8H2,1-6H3,(H,18,20). The second-order valence-electron chi connectivity index (χ2n) is 5.69. The van der Waals surface area contributed by atoms with Gasteiger partial charge in [-0.05, 0) is 56.9 Å². The maximum absolute atomic E-state index is 12.0. The monoisotopic (exact) mass is 292 g/mol. The fourth-order valence-corrected chi connectivity index (χ4v) is 2.42. The normalized spacial score (nSPS) is 13.8. The van der Waals surface area contributed by atoms with Crippen LogP contribution in [-0.4, -0.2) is 32.2 Å². The van der Waals surface area contributed by atoms with Crippen molar-refractivity contribution in [3.63, 3.8) is 0 Å². The molecule has 0 saturated heterocycles. The van der Waals surface area contributed by atoms with E-state index in [0.717, 1.165) is 0 Å². The van der Waals surface area contributed by atoms with Crippen molar-refractivity contribution in [1.82, 2.24) is 10.6 Å². The van der Waals surface area contributed by atoms with Gasteiger partial charge in [0.1, 0.15) is 0 Å². The van der Waals surface area contributed by atoms with Gasteiger partial charge in [0.25, 0.3) is 0 Å². The van der Waals surface area contributed by atoms with Crippen molar-refractivity contribution >= 4 is 5.91 Å². The van der Waals surface area contributed by atoms with Crippen LogP contribution in [0.15, 0.2) is 12.1 Å². The zero-order valence-electron chi connectivity index (χ0n) is 14.0. The molecule has 4 heteroatoms. The predicted molar refractivity (Wildman–Crippen MR) is 86.6 cm³/mol. The number of carbonyl (C=O) groups is 1. The van der Waals surface area contributed by atoms with Crippen LogP contribution >= 0.6 is 0 Å². The number of aryl methyl sites for hydroxylation is 3. The van der Waals surface area contributed by atoms with Gasteiger partial charge >= 0.3 is 0 Å². The lowest BCUT2D eigenvalue weighted by atomic mass is 9.96. The summed E-state index contributed by atoms with van der Waals surface area (Å²) in [6, 6.07) is 4.30. The summed E-state index contributed by atoms with van der Waals surface area (Å²) < 4.78 is 4.93. The number of ether oxygens (including phenoxy) is 1. The third-order valence-corrected chi connectivity index (χ3v) is 3.85. The minimum absolute atomic E-state index is 0.000358. The Bertz CT molecular complexity index is 486. The molecule has 2 N–H and O–H groups in total. The van der Waals surface area contributed by atoms with Crippen molar-refractivity contribution in [2.24, 2.45) is 0 Å². The largest absolute Gasteiger partial charge is 0.383 e. The first-order chi connectivity index (χ1) is 9.86. The Kier molecular flexibility index (Phi) is 6.85. The lowest BCUT2D eigenvalue weighted by molar-refractivity contribution is -0.123. The second-order valence-corrected chi connectivity index (χ2v) is 5.69. The molecule has 0 spiro atoms. The quantitative estimate of drug-likeness (QED) is 0.759. The maximum atomic E-state index is 12.0. The molecule has 0 aromatic heterocycles. The van der Waals surface area contributed by atoms with Crippen molar-refractivity contribution in [3.05, 3.63) is 34.4 Å². The first-order valence-electron chi connectivity index (χ1n) is 7.47. The molecule has 0 aliphatic rings. The SMILES string of the molecule is COCCNC(=O)C(C)NC(C)c1cc(C)c(C)cc1C. The Morgan fingerprint density at radius 3 is 2.38 bits per heavy atom. The number of rotatable bonds is 7. The summed E-state index contributed by atoms with van der Waals surface area (Å²) >= 11 is 0. The highest BCUT2D eigenvalue weighted by atomic mass is 16.5. The molecule has 2 unspecified atom stereocenters. The number of amides is 1. The van der Waals surface area contributed by atoms with Gasteiger partial charge in [0, 0.05) is 19.7 Å². The van der Waals surface area contributed by atoms with Gasteiger partial charge in [-0.2, -0.15) is 0 Å². The Hall–Kier alpha value is -1.39. The van der Waals surface area contributed by atoms with Crippen LogP contribution in [0.1, 0.15) is 42.1 Å². The molecular formula is C17H28N2O2. The molecule has 0 bridgehead atoms. The summed E-state index contributed by atoms with van der Waals surface area (Å²) in [5, 5.41) is 6.21. The molecule has 0 radical (unpaired) electrons. The summed E-state index contributed by atoms with van der Waals surface area (Å²) in [4.78, 5) is 12.0. The first-order valence-corrected chi connectivity index (χ1v) is 7.47. The lowest BCUT2D eigenvalue weighted by Gasteiger charge is -2.22. The highest BCUT2D eigenvalue weighted by Gasteiger charge is 2.17. The van der Waals surface area contributed by atoms with E-state index in [9.17, 15) is 4.79 Å². The molecule has 4 nitrogen and oxygen atoms in total. The van der Waals surface area contributed by atoms with E-state index in [1.807, 2.05) is 6.92 Å². The van der Waals surface area contributed by atoms with E-state index in [-0.39, 0.29) is 18.0 Å². The molecule has 2 atom stereocenters. The van der Waals surface area contributed by atoms with E-state index in [4.69, 9.17) is 4.74 Å². The van der Waals surface area contributed by atoms with Crippen molar-refractivity contribution in [3.8, 4) is 0 Å². The van der Waals surface area contributed by atoms with Crippen LogP contribution in [-0.2, 0) is 9.53 Å². The fourth-order valence-electron chi connectivity index (χ4n) is 2.42. The zero-order chi connectivity index (χ0) is 16.0. The molecule has 0 fully saturated rings. The molecular weight excluding hydrogens is 264 g/mol. The van der Waals surface area contributed by atoms with Gasteiger partial charge in [-0.15, -0.1) is 0 Å². The number of hydrogen-bond donors (Lipinski definition) is 2. The van der Waals surface area contributed by atoms with Gasteiger partial charge in [-0.1, -0.05) is 12.1 Å². The van der Waals surface area contributed by atoms with Crippen molar-refractivity contribution in [2.75, 3.05) is 20.3 Å².